The summed E-state index contributed by atoms with van der Waals surface area (Å²) in [7, 11) is 0. The maximum absolute atomic E-state index is 13.0. The summed E-state index contributed by atoms with van der Waals surface area (Å²) >= 11 is 5.93. The highest BCUT2D eigenvalue weighted by Gasteiger charge is 2.75. The van der Waals surface area contributed by atoms with Crippen molar-refractivity contribution in [3.05, 3.63) is 70.7 Å². The van der Waals surface area contributed by atoms with Gasteiger partial charge in [0.25, 0.3) is 0 Å². The van der Waals surface area contributed by atoms with E-state index in [1.807, 2.05) is 6.07 Å². The van der Waals surface area contributed by atoms with Crippen LogP contribution in [0.4, 0.5) is 0 Å². The van der Waals surface area contributed by atoms with Crippen molar-refractivity contribution in [1.82, 2.24) is 0 Å². The quantitative estimate of drug-likeness (QED) is 0.601. The fraction of sp³-hybridized carbons (Fsp3) is 0.250. The van der Waals surface area contributed by atoms with Crippen molar-refractivity contribution in [2.75, 3.05) is 6.61 Å². The first-order valence-electron chi connectivity index (χ1n) is 7.99. The van der Waals surface area contributed by atoms with Gasteiger partial charge in [0, 0.05) is 16.5 Å². The Morgan fingerprint density at radius 2 is 1.80 bits per heavy atom. The Bertz CT molecular complexity index is 841. The van der Waals surface area contributed by atoms with Gasteiger partial charge >= 0.3 is 5.97 Å². The predicted molar refractivity (Wildman–Crippen MR) is 93.1 cm³/mol. The molecule has 0 radical (unpaired) electrons. The Hall–Kier alpha value is -2.64. The maximum atomic E-state index is 13.0. The van der Waals surface area contributed by atoms with Gasteiger partial charge in [-0.3, -0.25) is 9.59 Å². The topological polar surface area (TPSA) is 67.2 Å². The van der Waals surface area contributed by atoms with Gasteiger partial charge in [-0.15, -0.1) is 0 Å². The second kappa shape index (κ2) is 6.70. The maximum Gasteiger partial charge on any atom is 0.327 e. The lowest BCUT2D eigenvalue weighted by molar-refractivity contribution is -0.147. The molecule has 0 bridgehead atoms. The Morgan fingerprint density at radius 3 is 2.36 bits per heavy atom. The number of carbonyl (C=O) groups is 2. The minimum absolute atomic E-state index is 0.155. The average Bonchev–Trinajstić information content (AvgIpc) is 3.33. The molecular formula is C20H16ClNO3. The van der Waals surface area contributed by atoms with E-state index in [9.17, 15) is 14.9 Å². The van der Waals surface area contributed by atoms with Crippen molar-refractivity contribution >= 4 is 23.4 Å². The molecule has 0 amide bonds. The van der Waals surface area contributed by atoms with Crippen molar-refractivity contribution in [2.45, 2.75) is 12.8 Å². The van der Waals surface area contributed by atoms with Crippen LogP contribution in [0, 0.1) is 22.7 Å². The first kappa shape index (κ1) is 17.2. The molecule has 0 aliphatic heterocycles. The van der Waals surface area contributed by atoms with Crippen LogP contribution in [0.2, 0.25) is 5.02 Å². The lowest BCUT2D eigenvalue weighted by atomic mass is 9.99. The Morgan fingerprint density at radius 1 is 1.16 bits per heavy atom. The Balaban J connectivity index is 2.04. The van der Waals surface area contributed by atoms with E-state index in [0.29, 0.717) is 10.6 Å². The number of hydrogen-bond acceptors (Lipinski definition) is 4. The van der Waals surface area contributed by atoms with E-state index in [1.54, 1.807) is 55.5 Å². The lowest BCUT2D eigenvalue weighted by Gasteiger charge is -2.08. The van der Waals surface area contributed by atoms with Crippen LogP contribution in [-0.4, -0.2) is 18.4 Å². The number of carbonyl (C=O) groups excluding carboxylic acids is 2. The summed E-state index contributed by atoms with van der Waals surface area (Å²) in [4.78, 5) is 25.5. The van der Waals surface area contributed by atoms with Gasteiger partial charge in [0.2, 0.25) is 0 Å². The number of rotatable bonds is 5. The number of ketones is 1. The van der Waals surface area contributed by atoms with Gasteiger partial charge in [-0.1, -0.05) is 54.1 Å². The molecule has 126 valence electrons. The largest absolute Gasteiger partial charge is 0.465 e. The van der Waals surface area contributed by atoms with Gasteiger partial charge in [0.05, 0.1) is 18.6 Å². The molecule has 1 saturated carbocycles. The molecule has 4 nitrogen and oxygen atoms in total. The number of esters is 1. The standard InChI is InChI=1S/C20H16ClNO3/c1-2-25-19(24)20(12-22)16(13-8-10-15(21)11-9-13)17(20)18(23)14-6-4-3-5-7-14/h3-11,16-17H,2H2,1H3/t16-,17+,20+/m1/s1. The van der Waals surface area contributed by atoms with Crippen LogP contribution >= 0.6 is 11.6 Å². The molecular weight excluding hydrogens is 338 g/mol. The third-order valence-electron chi connectivity index (χ3n) is 4.57. The fourth-order valence-electron chi connectivity index (χ4n) is 3.34. The zero-order chi connectivity index (χ0) is 18.0. The first-order valence-corrected chi connectivity index (χ1v) is 8.37. The van der Waals surface area contributed by atoms with Crippen LogP contribution in [0.25, 0.3) is 0 Å². The zero-order valence-corrected chi connectivity index (χ0v) is 14.4. The van der Waals surface area contributed by atoms with E-state index < -0.39 is 23.2 Å². The van der Waals surface area contributed by atoms with Gasteiger partial charge in [0.15, 0.2) is 11.2 Å². The van der Waals surface area contributed by atoms with E-state index in [4.69, 9.17) is 16.3 Å². The summed E-state index contributed by atoms with van der Waals surface area (Å²) in [5.74, 6) is -2.18. The second-order valence-corrected chi connectivity index (χ2v) is 6.37. The van der Waals surface area contributed by atoms with Crippen molar-refractivity contribution in [1.29, 1.82) is 5.26 Å². The van der Waals surface area contributed by atoms with Crippen molar-refractivity contribution in [2.24, 2.45) is 11.3 Å². The first-order chi connectivity index (χ1) is 12.1. The van der Waals surface area contributed by atoms with Crippen LogP contribution in [0.15, 0.2) is 54.6 Å². The molecule has 1 fully saturated rings. The van der Waals surface area contributed by atoms with E-state index >= 15 is 0 Å². The van der Waals surface area contributed by atoms with E-state index in [2.05, 4.69) is 6.07 Å². The van der Waals surface area contributed by atoms with Gasteiger partial charge in [-0.2, -0.15) is 5.26 Å². The van der Waals surface area contributed by atoms with Crippen LogP contribution in [-0.2, 0) is 9.53 Å². The Kier molecular flexibility index (Phi) is 4.61. The third-order valence-corrected chi connectivity index (χ3v) is 4.83. The molecule has 3 rings (SSSR count). The van der Waals surface area contributed by atoms with E-state index in [0.717, 1.165) is 5.56 Å². The number of benzene rings is 2. The molecule has 3 atom stereocenters. The molecule has 25 heavy (non-hydrogen) atoms. The summed E-state index contributed by atoms with van der Waals surface area (Å²) in [6, 6.07) is 17.6. The van der Waals surface area contributed by atoms with E-state index in [1.165, 1.54) is 0 Å². The molecule has 2 aromatic carbocycles. The second-order valence-electron chi connectivity index (χ2n) is 5.94. The number of halogens is 1. The van der Waals surface area contributed by atoms with Gasteiger partial charge in [-0.25, -0.2) is 0 Å². The highest BCUT2D eigenvalue weighted by molar-refractivity contribution is 6.30. The van der Waals surface area contributed by atoms with E-state index in [-0.39, 0.29) is 12.4 Å². The minimum atomic E-state index is -1.49. The average molecular weight is 354 g/mol. The lowest BCUT2D eigenvalue weighted by Crippen LogP contribution is -2.23. The summed E-state index contributed by atoms with van der Waals surface area (Å²) < 4.78 is 5.11. The Labute approximate surface area is 151 Å². The predicted octanol–water partition coefficient (Wildman–Crippen LogP) is 4.01. The molecule has 1 aliphatic carbocycles. The van der Waals surface area contributed by atoms with Crippen molar-refractivity contribution in [3.8, 4) is 6.07 Å². The molecule has 0 spiro atoms. The smallest absolute Gasteiger partial charge is 0.327 e. The number of Topliss-reactive ketones (excluding diaryl/α,β-unsaturated/α-hetero) is 1. The van der Waals surface area contributed by atoms with Crippen molar-refractivity contribution < 1.29 is 14.3 Å². The minimum Gasteiger partial charge on any atom is -0.465 e. The molecule has 0 saturated heterocycles. The summed E-state index contributed by atoms with van der Waals surface area (Å²) in [6.45, 7) is 1.83. The number of ether oxygens (including phenoxy) is 1. The zero-order valence-electron chi connectivity index (χ0n) is 13.6. The molecule has 5 heteroatoms. The van der Waals surface area contributed by atoms with Gasteiger partial charge in [-0.05, 0) is 24.6 Å². The molecule has 2 aromatic rings. The van der Waals surface area contributed by atoms with Crippen molar-refractivity contribution in [3.63, 3.8) is 0 Å². The number of nitrogens with zero attached hydrogens (tertiary/aromatic N) is 1. The number of nitriles is 1. The molecule has 0 aromatic heterocycles. The fourth-order valence-corrected chi connectivity index (χ4v) is 3.47. The monoisotopic (exact) mass is 353 g/mol. The SMILES string of the molecule is CCOC(=O)[C@]1(C#N)[C@H](C(=O)c2ccccc2)[C@H]1c1ccc(Cl)cc1. The summed E-state index contributed by atoms with van der Waals surface area (Å²) in [5.41, 5.74) is -0.280. The third kappa shape index (κ3) is 2.81. The van der Waals surface area contributed by atoms with Crippen LogP contribution in [0.1, 0.15) is 28.8 Å². The molecule has 0 unspecified atom stereocenters. The normalized spacial score (nSPS) is 24.2. The van der Waals surface area contributed by atoms with Gasteiger partial charge < -0.3 is 4.74 Å². The summed E-state index contributed by atoms with van der Waals surface area (Å²) in [6.07, 6.45) is 0. The van der Waals surface area contributed by atoms with Crippen LogP contribution < -0.4 is 0 Å². The van der Waals surface area contributed by atoms with Crippen LogP contribution in [0.3, 0.4) is 0 Å². The number of hydrogen-bond donors (Lipinski definition) is 0. The highest BCUT2D eigenvalue weighted by atomic mass is 35.5. The molecule has 0 heterocycles. The molecule has 1 aliphatic rings. The van der Waals surface area contributed by atoms with Crippen LogP contribution in [0.5, 0.6) is 0 Å². The highest BCUT2D eigenvalue weighted by Crippen LogP contribution is 2.66. The van der Waals surface area contributed by atoms with Gasteiger partial charge in [0.1, 0.15) is 0 Å². The summed E-state index contributed by atoms with van der Waals surface area (Å²) in [5, 5.41) is 10.3. The molecule has 0 N–H and O–H groups in total.